The summed E-state index contributed by atoms with van der Waals surface area (Å²) in [5, 5.41) is 19.3. The van der Waals surface area contributed by atoms with Crippen LogP contribution in [0.3, 0.4) is 0 Å². The maximum absolute atomic E-state index is 12.0. The second-order valence-electron chi connectivity index (χ2n) is 5.99. The average Bonchev–Trinajstić information content (AvgIpc) is 2.78. The zero-order valence-corrected chi connectivity index (χ0v) is 13.5. The molecule has 1 aromatic heterocycles. The van der Waals surface area contributed by atoms with Crippen LogP contribution in [0.4, 0.5) is 0 Å². The fraction of sp³-hybridized carbons (Fsp3) is 0.529. The van der Waals surface area contributed by atoms with Gasteiger partial charge in [-0.3, -0.25) is 0 Å². The molecule has 1 aliphatic rings. The zero-order valence-electron chi connectivity index (χ0n) is 13.5. The number of nitrogens with one attached hydrogen (secondary N) is 1. The Hall–Kier alpha value is -2.08. The molecule has 0 unspecified atom stereocenters. The normalized spacial score (nSPS) is 16.2. The lowest BCUT2D eigenvalue weighted by Crippen LogP contribution is -2.40. The van der Waals surface area contributed by atoms with Crippen LogP contribution < -0.4 is 19.8 Å². The molecule has 0 aliphatic heterocycles. The third-order valence-corrected chi connectivity index (χ3v) is 4.43. The molecule has 6 nitrogen and oxygen atoms in total. The van der Waals surface area contributed by atoms with Crippen LogP contribution in [-0.2, 0) is 6.54 Å². The third kappa shape index (κ3) is 3.82. The molecule has 1 fully saturated rings. The van der Waals surface area contributed by atoms with Crippen LogP contribution >= 0.6 is 0 Å². The van der Waals surface area contributed by atoms with E-state index in [1.807, 2.05) is 24.3 Å². The molecule has 0 amide bonds. The van der Waals surface area contributed by atoms with E-state index in [1.54, 1.807) is 11.8 Å². The van der Waals surface area contributed by atoms with Crippen LogP contribution in [0.5, 0.6) is 11.7 Å². The highest BCUT2D eigenvalue weighted by Gasteiger charge is 2.22. The summed E-state index contributed by atoms with van der Waals surface area (Å²) in [6.45, 7) is 0.471. The number of aromatic nitrogens is 2. The number of methoxy groups -OCH3 is 1. The molecule has 6 heteroatoms. The summed E-state index contributed by atoms with van der Waals surface area (Å²) in [5.74, 6) is 0.375. The Morgan fingerprint density at radius 3 is 2.57 bits per heavy atom. The van der Waals surface area contributed by atoms with Gasteiger partial charge in [-0.05, 0) is 29.7 Å². The lowest BCUT2D eigenvalue weighted by atomic mass is 10.1. The van der Waals surface area contributed by atoms with Crippen LogP contribution in [0.1, 0.15) is 44.2 Å². The monoisotopic (exact) mass is 317 g/mol. The van der Waals surface area contributed by atoms with E-state index in [4.69, 9.17) is 9.26 Å². The van der Waals surface area contributed by atoms with Gasteiger partial charge in [0.25, 0.3) is 5.69 Å². The molecule has 0 saturated heterocycles. The van der Waals surface area contributed by atoms with Crippen LogP contribution in [0.25, 0.3) is 5.69 Å². The summed E-state index contributed by atoms with van der Waals surface area (Å²) in [4.78, 5) is 0. The molecule has 124 valence electrons. The first-order chi connectivity index (χ1) is 11.3. The minimum Gasteiger partial charge on any atom is -0.539 e. The number of rotatable bonds is 5. The van der Waals surface area contributed by atoms with E-state index >= 15 is 0 Å². The van der Waals surface area contributed by atoms with Gasteiger partial charge in [0, 0.05) is 18.2 Å². The van der Waals surface area contributed by atoms with Crippen molar-refractivity contribution in [2.45, 2.75) is 51.1 Å². The van der Waals surface area contributed by atoms with Gasteiger partial charge in [0.05, 0.1) is 18.9 Å². The second kappa shape index (κ2) is 7.46. The predicted octanol–water partition coefficient (Wildman–Crippen LogP) is 1.85. The average molecular weight is 317 g/mol. The quantitative estimate of drug-likeness (QED) is 0.673. The van der Waals surface area contributed by atoms with Crippen molar-refractivity contribution < 1.29 is 19.0 Å². The van der Waals surface area contributed by atoms with E-state index in [0.29, 0.717) is 18.3 Å². The molecule has 23 heavy (non-hydrogen) atoms. The highest BCUT2D eigenvalue weighted by Crippen LogP contribution is 2.19. The van der Waals surface area contributed by atoms with Gasteiger partial charge in [0.15, 0.2) is 5.95 Å². The lowest BCUT2D eigenvalue weighted by molar-refractivity contribution is -0.677. The largest absolute Gasteiger partial charge is 0.539 e. The van der Waals surface area contributed by atoms with Crippen molar-refractivity contribution in [1.82, 2.24) is 10.6 Å². The van der Waals surface area contributed by atoms with E-state index in [1.165, 1.54) is 38.5 Å². The standard InChI is InChI=1S/C17H23N3O3/c1-22-15-10-8-14(9-11-15)20-16(17(21)23-19-20)12-18-13-6-4-2-3-5-7-13/h8-11,13,18H,2-7,12H2,1H3. The fourth-order valence-corrected chi connectivity index (χ4v) is 3.06. The van der Waals surface area contributed by atoms with Gasteiger partial charge in [-0.2, -0.15) is 0 Å². The third-order valence-electron chi connectivity index (χ3n) is 4.43. The maximum atomic E-state index is 12.0. The Bertz CT molecular complexity index is 617. The summed E-state index contributed by atoms with van der Waals surface area (Å²) in [5.41, 5.74) is 1.31. The number of ether oxygens (including phenoxy) is 1. The van der Waals surface area contributed by atoms with E-state index in [9.17, 15) is 5.11 Å². The Kier molecular flexibility index (Phi) is 5.12. The molecule has 0 spiro atoms. The second-order valence-corrected chi connectivity index (χ2v) is 5.99. The van der Waals surface area contributed by atoms with Gasteiger partial charge < -0.3 is 19.7 Å². The number of benzene rings is 1. The van der Waals surface area contributed by atoms with Crippen LogP contribution in [0.2, 0.25) is 0 Å². The molecule has 0 atom stereocenters. The number of hydrogen-bond donors (Lipinski definition) is 1. The summed E-state index contributed by atoms with van der Waals surface area (Å²) < 4.78 is 11.6. The molecule has 0 radical (unpaired) electrons. The summed E-state index contributed by atoms with van der Waals surface area (Å²) >= 11 is 0. The van der Waals surface area contributed by atoms with Crippen molar-refractivity contribution in [3.8, 4) is 17.4 Å². The first-order valence-corrected chi connectivity index (χ1v) is 8.23. The Labute approximate surface area is 136 Å². The molecule has 2 aromatic rings. The van der Waals surface area contributed by atoms with E-state index in [0.717, 1.165) is 11.4 Å². The maximum Gasteiger partial charge on any atom is 0.253 e. The molecule has 0 bridgehead atoms. The van der Waals surface area contributed by atoms with Gasteiger partial charge in [-0.15, -0.1) is 0 Å². The highest BCUT2D eigenvalue weighted by atomic mass is 16.6. The molecule has 1 N–H and O–H groups in total. The molecule has 1 aliphatic carbocycles. The number of nitrogens with zero attached hydrogens (tertiary/aromatic N) is 2. The first kappa shape index (κ1) is 15.8. The SMILES string of the molecule is COc1ccc(-[n+]2noc([O-])c2CNC2CCCCCC2)cc1. The molecular weight excluding hydrogens is 294 g/mol. The summed E-state index contributed by atoms with van der Waals surface area (Å²) in [6.07, 6.45) is 7.46. The summed E-state index contributed by atoms with van der Waals surface area (Å²) in [6, 6.07) is 7.86. The molecule has 1 heterocycles. The molecular formula is C17H23N3O3. The first-order valence-electron chi connectivity index (χ1n) is 8.23. The minimum atomic E-state index is -0.387. The lowest BCUT2D eigenvalue weighted by Gasteiger charge is -2.14. The smallest absolute Gasteiger partial charge is 0.253 e. The Morgan fingerprint density at radius 2 is 1.91 bits per heavy atom. The highest BCUT2D eigenvalue weighted by molar-refractivity contribution is 5.31. The zero-order chi connectivity index (χ0) is 16.1. The van der Waals surface area contributed by atoms with Crippen molar-refractivity contribution >= 4 is 0 Å². The summed E-state index contributed by atoms with van der Waals surface area (Å²) in [7, 11) is 1.62. The van der Waals surface area contributed by atoms with Crippen molar-refractivity contribution in [3.05, 3.63) is 30.0 Å². The van der Waals surface area contributed by atoms with E-state index < -0.39 is 0 Å². The van der Waals surface area contributed by atoms with Gasteiger partial charge >= 0.3 is 0 Å². The van der Waals surface area contributed by atoms with Gasteiger partial charge in [-0.1, -0.05) is 25.7 Å². The van der Waals surface area contributed by atoms with Crippen molar-refractivity contribution in [3.63, 3.8) is 0 Å². The molecule has 3 rings (SSSR count). The van der Waals surface area contributed by atoms with Crippen LogP contribution in [0, 0.1) is 0 Å². The van der Waals surface area contributed by atoms with Crippen molar-refractivity contribution in [1.29, 1.82) is 0 Å². The van der Waals surface area contributed by atoms with E-state index in [-0.39, 0.29) is 5.95 Å². The minimum absolute atomic E-state index is 0.387. The predicted molar refractivity (Wildman–Crippen MR) is 82.4 cm³/mol. The topological polar surface area (TPSA) is 74.2 Å². The van der Waals surface area contributed by atoms with E-state index in [2.05, 4.69) is 10.6 Å². The Morgan fingerprint density at radius 1 is 1.22 bits per heavy atom. The Balaban J connectivity index is 1.72. The van der Waals surface area contributed by atoms with Gasteiger partial charge in [-0.25, -0.2) is 0 Å². The molecule has 1 aromatic carbocycles. The molecule has 1 saturated carbocycles. The number of hydrogen-bond acceptors (Lipinski definition) is 5. The van der Waals surface area contributed by atoms with Crippen molar-refractivity contribution in [2.75, 3.05) is 7.11 Å². The van der Waals surface area contributed by atoms with Gasteiger partial charge in [0.1, 0.15) is 5.75 Å². The van der Waals surface area contributed by atoms with Crippen molar-refractivity contribution in [2.24, 2.45) is 0 Å². The van der Waals surface area contributed by atoms with Crippen LogP contribution in [-0.4, -0.2) is 18.4 Å². The van der Waals surface area contributed by atoms with Gasteiger partial charge in [0.2, 0.25) is 5.69 Å². The van der Waals surface area contributed by atoms with Crippen LogP contribution in [0.15, 0.2) is 28.8 Å². The fourth-order valence-electron chi connectivity index (χ4n) is 3.06.